The molecule has 198 valence electrons. The Morgan fingerprint density at radius 2 is 1.57 bits per heavy atom. The van der Waals surface area contributed by atoms with E-state index in [1.807, 2.05) is 0 Å². The molecule has 0 aliphatic carbocycles. The molecule has 1 amide bonds. The minimum absolute atomic E-state index is 0.149. The summed E-state index contributed by atoms with van der Waals surface area (Å²) in [6.07, 6.45) is -4.76. The molecule has 0 radical (unpaired) electrons. The minimum Gasteiger partial charge on any atom is -0.310 e. The van der Waals surface area contributed by atoms with Gasteiger partial charge in [0.2, 0.25) is 5.91 Å². The average molecular weight is 539 g/mol. The largest absolute Gasteiger partial charge is 0.416 e. The van der Waals surface area contributed by atoms with Gasteiger partial charge in [-0.15, -0.1) is 0 Å². The number of nitrogens with one attached hydrogen (secondary N) is 1. The first-order chi connectivity index (χ1) is 17.0. The van der Waals surface area contributed by atoms with Gasteiger partial charge in [-0.2, -0.15) is 13.2 Å². The molecule has 1 heterocycles. The number of anilines is 2. The lowest BCUT2D eigenvalue weighted by atomic mass is 10.1. The molecule has 9 nitrogen and oxygen atoms in total. The third kappa shape index (κ3) is 5.61. The Morgan fingerprint density at radius 3 is 2.14 bits per heavy atom. The normalized spacial score (nSPS) is 11.9. The van der Waals surface area contributed by atoms with Gasteiger partial charge in [0.25, 0.3) is 15.6 Å². The highest BCUT2D eigenvalue weighted by atomic mass is 32.2. The fourth-order valence-corrected chi connectivity index (χ4v) is 5.83. The minimum atomic E-state index is -4.76. The van der Waals surface area contributed by atoms with Crippen molar-refractivity contribution in [3.05, 3.63) is 85.6 Å². The Hall–Kier alpha value is -3.87. The predicted octanol–water partition coefficient (Wildman–Crippen LogP) is 2.86. The summed E-state index contributed by atoms with van der Waals surface area (Å²) in [4.78, 5) is 37.0. The van der Waals surface area contributed by atoms with Gasteiger partial charge < -0.3 is 5.32 Å². The van der Waals surface area contributed by atoms with E-state index in [-0.39, 0.29) is 16.4 Å². The molecule has 0 unspecified atom stereocenters. The molecule has 0 saturated heterocycles. The molecule has 37 heavy (non-hydrogen) atoms. The second-order valence-corrected chi connectivity index (χ2v) is 10.4. The topological polar surface area (TPSA) is 110 Å². The van der Waals surface area contributed by atoms with E-state index in [1.54, 1.807) is 32.9 Å². The van der Waals surface area contributed by atoms with Crippen LogP contribution < -0.4 is 20.9 Å². The summed E-state index contributed by atoms with van der Waals surface area (Å²) in [5, 5.41) is 2.31. The number of rotatable bonds is 6. The zero-order valence-electron chi connectivity index (χ0n) is 20.7. The molecule has 0 atom stereocenters. The lowest BCUT2D eigenvalue weighted by Crippen LogP contribution is -2.41. The van der Waals surface area contributed by atoms with Crippen molar-refractivity contribution in [1.82, 2.24) is 9.13 Å². The molecule has 3 aromatic rings. The molecule has 1 N–H and O–H groups in total. The van der Waals surface area contributed by atoms with Crippen LogP contribution in [0.3, 0.4) is 0 Å². The Bertz CT molecular complexity index is 1580. The molecule has 0 spiro atoms. The van der Waals surface area contributed by atoms with Crippen molar-refractivity contribution in [2.75, 3.05) is 16.2 Å². The molecule has 1 aromatic heterocycles. The number of carbonyl (C=O) groups excluding carboxylic acids is 1. The number of benzene rings is 2. The Labute approximate surface area is 210 Å². The summed E-state index contributed by atoms with van der Waals surface area (Å²) in [5.74, 6) is -1.19. The number of amides is 1. The van der Waals surface area contributed by atoms with Crippen molar-refractivity contribution >= 4 is 27.4 Å². The fourth-order valence-electron chi connectivity index (χ4n) is 4.00. The third-order valence-electron chi connectivity index (χ3n) is 5.69. The number of hydrogen-bond donors (Lipinski definition) is 1. The second-order valence-electron chi connectivity index (χ2n) is 8.60. The summed E-state index contributed by atoms with van der Waals surface area (Å²) >= 11 is 0. The summed E-state index contributed by atoms with van der Waals surface area (Å²) < 4.78 is 70.2. The van der Waals surface area contributed by atoms with Crippen LogP contribution in [0.2, 0.25) is 0 Å². The highest BCUT2D eigenvalue weighted by Crippen LogP contribution is 2.34. The number of nitrogens with zero attached hydrogens (tertiary/aromatic N) is 3. The third-order valence-corrected chi connectivity index (χ3v) is 7.77. The van der Waals surface area contributed by atoms with Crippen LogP contribution in [-0.4, -0.2) is 30.0 Å². The van der Waals surface area contributed by atoms with Gasteiger partial charge >= 0.3 is 11.9 Å². The maximum absolute atomic E-state index is 13.8. The number of aromatic nitrogens is 2. The Kier molecular flexibility index (Phi) is 7.40. The van der Waals surface area contributed by atoms with Crippen molar-refractivity contribution in [2.24, 2.45) is 14.1 Å². The van der Waals surface area contributed by atoms with Crippen LogP contribution in [0.25, 0.3) is 0 Å². The zero-order valence-corrected chi connectivity index (χ0v) is 21.5. The highest BCUT2D eigenvalue weighted by Gasteiger charge is 2.34. The molecule has 0 aliphatic rings. The van der Waals surface area contributed by atoms with Gasteiger partial charge in [0.15, 0.2) is 0 Å². The maximum atomic E-state index is 13.8. The van der Waals surface area contributed by atoms with E-state index in [9.17, 15) is 36.0 Å². The Morgan fingerprint density at radius 1 is 0.973 bits per heavy atom. The van der Waals surface area contributed by atoms with E-state index in [0.717, 1.165) is 39.0 Å². The van der Waals surface area contributed by atoms with Gasteiger partial charge in [0.05, 0.1) is 16.1 Å². The zero-order chi connectivity index (χ0) is 27.9. The lowest BCUT2D eigenvalue weighted by molar-refractivity contribution is -0.137. The summed E-state index contributed by atoms with van der Waals surface area (Å²) in [6.45, 7) is 3.93. The summed E-state index contributed by atoms with van der Waals surface area (Å²) in [5.41, 5.74) is -1.46. The first-order valence-corrected chi connectivity index (χ1v) is 12.3. The van der Waals surface area contributed by atoms with Crippen molar-refractivity contribution in [1.29, 1.82) is 0 Å². The van der Waals surface area contributed by atoms with Crippen LogP contribution in [-0.2, 0) is 35.1 Å². The predicted molar refractivity (Wildman–Crippen MR) is 132 cm³/mol. The molecule has 0 saturated carbocycles. The molecule has 0 bridgehead atoms. The van der Waals surface area contributed by atoms with E-state index in [0.29, 0.717) is 21.5 Å². The van der Waals surface area contributed by atoms with Crippen molar-refractivity contribution in [3.8, 4) is 0 Å². The highest BCUT2D eigenvalue weighted by molar-refractivity contribution is 7.93. The molecular weight excluding hydrogens is 513 g/mol. The van der Waals surface area contributed by atoms with Crippen molar-refractivity contribution < 1.29 is 26.4 Å². The molecule has 0 aliphatic heterocycles. The van der Waals surface area contributed by atoms with Gasteiger partial charge in [-0.1, -0.05) is 23.8 Å². The number of halogens is 3. The summed E-state index contributed by atoms with van der Waals surface area (Å²) in [6, 6.07) is 7.80. The van der Waals surface area contributed by atoms with Crippen molar-refractivity contribution in [2.45, 2.75) is 31.8 Å². The van der Waals surface area contributed by atoms with Gasteiger partial charge in [-0.25, -0.2) is 13.2 Å². The van der Waals surface area contributed by atoms with Gasteiger partial charge in [-0.3, -0.25) is 23.0 Å². The van der Waals surface area contributed by atoms with E-state index >= 15 is 0 Å². The lowest BCUT2D eigenvalue weighted by Gasteiger charge is -2.26. The maximum Gasteiger partial charge on any atom is 0.416 e. The van der Waals surface area contributed by atoms with Crippen LogP contribution in [0, 0.1) is 20.8 Å². The standard InChI is InChI=1S/C24H25F3N4O5S/c1-14-9-15(2)22(16(3)10-14)37(35,36)31(18-8-6-7-17(11-18)24(25,26)27)13-20(32)28-19-12-21(33)30(5)23(34)29(19)4/h6-12H,13H2,1-5H3,(H,28,32). The number of sulfonamides is 1. The van der Waals surface area contributed by atoms with E-state index in [2.05, 4.69) is 5.32 Å². The van der Waals surface area contributed by atoms with Crippen LogP contribution in [0.1, 0.15) is 22.3 Å². The molecule has 3 rings (SSSR count). The fraction of sp³-hybridized carbons (Fsp3) is 0.292. The van der Waals surface area contributed by atoms with Gasteiger partial charge in [0.1, 0.15) is 12.4 Å². The number of carbonyl (C=O) groups is 1. The van der Waals surface area contributed by atoms with Gasteiger partial charge in [-0.05, 0) is 50.1 Å². The summed E-state index contributed by atoms with van der Waals surface area (Å²) in [7, 11) is -2.01. The van der Waals surface area contributed by atoms with E-state index in [4.69, 9.17) is 0 Å². The first kappa shape index (κ1) is 27.7. The van der Waals surface area contributed by atoms with Gasteiger partial charge in [0, 0.05) is 20.2 Å². The molecule has 13 heteroatoms. The van der Waals surface area contributed by atoms with Crippen LogP contribution >= 0.6 is 0 Å². The molecule has 2 aromatic carbocycles. The van der Waals surface area contributed by atoms with E-state index < -0.39 is 45.5 Å². The number of alkyl halides is 3. The quantitative estimate of drug-likeness (QED) is 0.519. The molecular formula is C24H25F3N4O5S. The number of hydrogen-bond acceptors (Lipinski definition) is 5. The van der Waals surface area contributed by atoms with Crippen LogP contribution in [0.15, 0.2) is 56.9 Å². The first-order valence-electron chi connectivity index (χ1n) is 10.9. The van der Waals surface area contributed by atoms with Crippen LogP contribution in [0.5, 0.6) is 0 Å². The molecule has 0 fully saturated rings. The van der Waals surface area contributed by atoms with Crippen molar-refractivity contribution in [3.63, 3.8) is 0 Å². The second kappa shape index (κ2) is 9.88. The SMILES string of the molecule is Cc1cc(C)c(S(=O)(=O)N(CC(=O)Nc2cc(=O)n(C)c(=O)n2C)c2cccc(C(F)(F)F)c2)c(C)c1. The average Bonchev–Trinajstić information content (AvgIpc) is 2.78. The monoisotopic (exact) mass is 538 g/mol. The smallest absolute Gasteiger partial charge is 0.310 e. The van der Waals surface area contributed by atoms with Crippen LogP contribution in [0.4, 0.5) is 24.7 Å². The van der Waals surface area contributed by atoms with E-state index in [1.165, 1.54) is 14.1 Å². The number of aryl methyl sites for hydroxylation is 3. The Balaban J connectivity index is 2.14.